The summed E-state index contributed by atoms with van der Waals surface area (Å²) in [5.41, 5.74) is 3.40. The maximum atomic E-state index is 5.55. The molecule has 0 saturated carbocycles. The Labute approximate surface area is 114 Å². The van der Waals surface area contributed by atoms with Crippen LogP contribution in [0.4, 0.5) is 0 Å². The maximum absolute atomic E-state index is 5.55. The number of benzene rings is 1. The molecule has 0 saturated heterocycles. The van der Waals surface area contributed by atoms with E-state index in [-0.39, 0.29) is 6.04 Å². The van der Waals surface area contributed by atoms with E-state index in [2.05, 4.69) is 35.4 Å². The van der Waals surface area contributed by atoms with E-state index in [1.165, 1.54) is 5.56 Å². The largest absolute Gasteiger partial charge is 0.494 e. The number of hydrogen-bond acceptors (Lipinski definition) is 3. The first-order chi connectivity index (χ1) is 9.24. The normalized spacial score (nSPS) is 12.2. The first-order valence-electron chi connectivity index (χ1n) is 6.57. The Kier molecular flexibility index (Phi) is 4.53. The third-order valence-corrected chi connectivity index (χ3v) is 3.02. The molecule has 3 nitrogen and oxygen atoms in total. The number of pyridine rings is 1. The Morgan fingerprint density at radius 3 is 2.79 bits per heavy atom. The predicted molar refractivity (Wildman–Crippen MR) is 77.5 cm³/mol. The highest BCUT2D eigenvalue weighted by Crippen LogP contribution is 2.24. The van der Waals surface area contributed by atoms with Crippen molar-refractivity contribution in [2.24, 2.45) is 0 Å². The molecule has 0 aliphatic rings. The van der Waals surface area contributed by atoms with Crippen LogP contribution in [0.2, 0.25) is 0 Å². The van der Waals surface area contributed by atoms with Gasteiger partial charge in [0.15, 0.2) is 0 Å². The van der Waals surface area contributed by atoms with Gasteiger partial charge in [0.1, 0.15) is 5.75 Å². The monoisotopic (exact) mass is 256 g/mol. The minimum atomic E-state index is 0.0836. The summed E-state index contributed by atoms with van der Waals surface area (Å²) in [7, 11) is 1.95. The van der Waals surface area contributed by atoms with Crippen molar-refractivity contribution in [3.8, 4) is 5.75 Å². The predicted octanol–water partition coefficient (Wildman–Crippen LogP) is 3.10. The Morgan fingerprint density at radius 2 is 2.11 bits per heavy atom. The molecule has 0 aliphatic heterocycles. The molecule has 19 heavy (non-hydrogen) atoms. The fourth-order valence-corrected chi connectivity index (χ4v) is 2.15. The highest BCUT2D eigenvalue weighted by Gasteiger charge is 2.13. The van der Waals surface area contributed by atoms with Gasteiger partial charge in [-0.25, -0.2) is 0 Å². The van der Waals surface area contributed by atoms with Crippen LogP contribution in [0.3, 0.4) is 0 Å². The molecule has 1 N–H and O–H groups in total. The highest BCUT2D eigenvalue weighted by atomic mass is 16.5. The first kappa shape index (κ1) is 13.6. The molecule has 0 radical (unpaired) electrons. The Morgan fingerprint density at radius 1 is 1.26 bits per heavy atom. The van der Waals surface area contributed by atoms with Gasteiger partial charge in [0.25, 0.3) is 0 Å². The summed E-state index contributed by atoms with van der Waals surface area (Å²) >= 11 is 0. The molecule has 0 amide bonds. The Bertz CT molecular complexity index is 540. The number of ether oxygens (including phenoxy) is 1. The van der Waals surface area contributed by atoms with Crippen LogP contribution < -0.4 is 10.1 Å². The zero-order valence-electron chi connectivity index (χ0n) is 11.7. The third-order valence-electron chi connectivity index (χ3n) is 3.02. The molecule has 1 unspecified atom stereocenters. The number of rotatable bonds is 5. The van der Waals surface area contributed by atoms with Gasteiger partial charge in [0, 0.05) is 6.20 Å². The summed E-state index contributed by atoms with van der Waals surface area (Å²) in [4.78, 5) is 4.46. The number of aromatic nitrogens is 1. The molecule has 0 bridgehead atoms. The fraction of sp³-hybridized carbons (Fsp3) is 0.312. The van der Waals surface area contributed by atoms with Gasteiger partial charge < -0.3 is 10.1 Å². The van der Waals surface area contributed by atoms with Crippen molar-refractivity contribution in [3.05, 3.63) is 59.4 Å². The first-order valence-corrected chi connectivity index (χ1v) is 6.57. The second-order valence-electron chi connectivity index (χ2n) is 4.49. The van der Waals surface area contributed by atoms with Gasteiger partial charge in [-0.05, 0) is 56.3 Å². The van der Waals surface area contributed by atoms with Crippen molar-refractivity contribution in [1.82, 2.24) is 10.3 Å². The molecule has 0 fully saturated rings. The molecule has 1 atom stereocenters. The molecule has 1 aromatic heterocycles. The molecular formula is C16H20N2O. The van der Waals surface area contributed by atoms with Gasteiger partial charge in [-0.1, -0.05) is 12.1 Å². The number of nitrogens with zero attached hydrogens (tertiary/aromatic N) is 1. The average molecular weight is 256 g/mol. The average Bonchev–Trinajstić information content (AvgIpc) is 2.41. The van der Waals surface area contributed by atoms with Crippen molar-refractivity contribution in [2.75, 3.05) is 13.7 Å². The van der Waals surface area contributed by atoms with Crippen molar-refractivity contribution >= 4 is 0 Å². The summed E-state index contributed by atoms with van der Waals surface area (Å²) in [6, 6.07) is 12.3. The lowest BCUT2D eigenvalue weighted by Crippen LogP contribution is -2.19. The minimum Gasteiger partial charge on any atom is -0.494 e. The quantitative estimate of drug-likeness (QED) is 0.892. The molecule has 1 heterocycles. The zero-order chi connectivity index (χ0) is 13.7. The van der Waals surface area contributed by atoms with E-state index in [1.54, 1.807) is 0 Å². The lowest BCUT2D eigenvalue weighted by Gasteiger charge is -2.17. The van der Waals surface area contributed by atoms with Crippen molar-refractivity contribution < 1.29 is 4.74 Å². The molecule has 2 aromatic rings. The van der Waals surface area contributed by atoms with Gasteiger partial charge in [-0.2, -0.15) is 0 Å². The molecule has 3 heteroatoms. The summed E-state index contributed by atoms with van der Waals surface area (Å²) < 4.78 is 5.55. The van der Waals surface area contributed by atoms with Gasteiger partial charge in [-0.3, -0.25) is 4.98 Å². The van der Waals surface area contributed by atoms with Gasteiger partial charge in [-0.15, -0.1) is 0 Å². The topological polar surface area (TPSA) is 34.1 Å². The van der Waals surface area contributed by atoms with Crippen LogP contribution in [-0.2, 0) is 0 Å². The van der Waals surface area contributed by atoms with Crippen LogP contribution >= 0.6 is 0 Å². The van der Waals surface area contributed by atoms with Crippen LogP contribution in [0.1, 0.15) is 29.8 Å². The van der Waals surface area contributed by atoms with E-state index >= 15 is 0 Å². The van der Waals surface area contributed by atoms with E-state index in [0.717, 1.165) is 17.0 Å². The summed E-state index contributed by atoms with van der Waals surface area (Å²) in [5.74, 6) is 0.896. The molecule has 0 aliphatic carbocycles. The van der Waals surface area contributed by atoms with E-state index in [1.807, 2.05) is 38.4 Å². The van der Waals surface area contributed by atoms with E-state index in [4.69, 9.17) is 4.74 Å². The van der Waals surface area contributed by atoms with Crippen molar-refractivity contribution in [2.45, 2.75) is 19.9 Å². The zero-order valence-corrected chi connectivity index (χ0v) is 11.7. The summed E-state index contributed by atoms with van der Waals surface area (Å²) in [6.45, 7) is 4.75. The molecular weight excluding hydrogens is 236 g/mol. The maximum Gasteiger partial charge on any atom is 0.119 e. The lowest BCUT2D eigenvalue weighted by molar-refractivity contribution is 0.339. The van der Waals surface area contributed by atoms with Crippen LogP contribution in [0.15, 0.2) is 42.6 Å². The van der Waals surface area contributed by atoms with E-state index in [9.17, 15) is 0 Å². The van der Waals surface area contributed by atoms with Crippen molar-refractivity contribution in [3.63, 3.8) is 0 Å². The Balaban J connectivity index is 2.33. The fourth-order valence-electron chi connectivity index (χ4n) is 2.15. The third kappa shape index (κ3) is 3.32. The molecule has 1 aromatic carbocycles. The number of hydrogen-bond donors (Lipinski definition) is 1. The second-order valence-corrected chi connectivity index (χ2v) is 4.49. The SMILES string of the molecule is CCOc1cccc(C(NC)c2cc(C)ccn2)c1. The molecule has 0 spiro atoms. The lowest BCUT2D eigenvalue weighted by atomic mass is 10.0. The van der Waals surface area contributed by atoms with Gasteiger partial charge in [0.2, 0.25) is 0 Å². The van der Waals surface area contributed by atoms with Crippen LogP contribution in [0, 0.1) is 6.92 Å². The summed E-state index contributed by atoms with van der Waals surface area (Å²) in [5, 5.41) is 3.31. The van der Waals surface area contributed by atoms with Gasteiger partial charge >= 0.3 is 0 Å². The number of nitrogens with one attached hydrogen (secondary N) is 1. The summed E-state index contributed by atoms with van der Waals surface area (Å²) in [6.07, 6.45) is 1.85. The molecule has 100 valence electrons. The van der Waals surface area contributed by atoms with Crippen LogP contribution in [0.25, 0.3) is 0 Å². The standard InChI is InChI=1S/C16H20N2O/c1-4-19-14-7-5-6-13(11-14)16(17-3)15-10-12(2)8-9-18-15/h5-11,16-17H,4H2,1-3H3. The van der Waals surface area contributed by atoms with Crippen LogP contribution in [0.5, 0.6) is 5.75 Å². The van der Waals surface area contributed by atoms with Crippen molar-refractivity contribution in [1.29, 1.82) is 0 Å². The smallest absolute Gasteiger partial charge is 0.119 e. The van der Waals surface area contributed by atoms with Gasteiger partial charge in [0.05, 0.1) is 18.3 Å². The molecule has 2 rings (SSSR count). The number of aryl methyl sites for hydroxylation is 1. The second kappa shape index (κ2) is 6.34. The van der Waals surface area contributed by atoms with E-state index in [0.29, 0.717) is 6.61 Å². The minimum absolute atomic E-state index is 0.0836. The highest BCUT2D eigenvalue weighted by molar-refractivity contribution is 5.35. The van der Waals surface area contributed by atoms with Crippen LogP contribution in [-0.4, -0.2) is 18.6 Å². The Hall–Kier alpha value is -1.87. The van der Waals surface area contributed by atoms with E-state index < -0.39 is 0 Å².